The van der Waals surface area contributed by atoms with Gasteiger partial charge in [0.2, 0.25) is 10.0 Å². The first-order chi connectivity index (χ1) is 9.96. The van der Waals surface area contributed by atoms with Crippen molar-refractivity contribution in [3.05, 3.63) is 42.2 Å². The van der Waals surface area contributed by atoms with Crippen LogP contribution in [0, 0.1) is 0 Å². The molecule has 0 fully saturated rings. The molecular weight excluding hydrogens is 292 g/mol. The molecule has 1 heterocycles. The maximum absolute atomic E-state index is 11.8. The van der Waals surface area contributed by atoms with Crippen molar-refractivity contribution >= 4 is 15.7 Å². The molecule has 0 aliphatic heterocycles. The number of nitrogen functional groups attached to an aromatic ring is 1. The van der Waals surface area contributed by atoms with E-state index in [0.717, 1.165) is 5.69 Å². The number of nitrogens with one attached hydrogen (secondary N) is 1. The highest BCUT2D eigenvalue weighted by atomic mass is 32.2. The highest BCUT2D eigenvalue weighted by molar-refractivity contribution is 7.89. The molecule has 2 rings (SSSR count). The van der Waals surface area contributed by atoms with Crippen LogP contribution in [0.1, 0.15) is 5.69 Å². The first-order valence-corrected chi connectivity index (χ1v) is 8.04. The van der Waals surface area contributed by atoms with Crippen LogP contribution >= 0.6 is 0 Å². The molecule has 0 saturated carbocycles. The second-order valence-corrected chi connectivity index (χ2v) is 6.43. The van der Waals surface area contributed by atoms with Gasteiger partial charge in [0.1, 0.15) is 12.4 Å². The van der Waals surface area contributed by atoms with Crippen molar-refractivity contribution in [2.45, 2.75) is 6.54 Å². The summed E-state index contributed by atoms with van der Waals surface area (Å²) < 4.78 is 33.2. The van der Waals surface area contributed by atoms with Gasteiger partial charge in [-0.15, -0.1) is 0 Å². The highest BCUT2D eigenvalue weighted by Gasteiger charge is 2.11. The van der Waals surface area contributed by atoms with Crippen molar-refractivity contribution in [2.24, 2.45) is 7.05 Å². The third-order valence-corrected chi connectivity index (χ3v) is 4.16. The summed E-state index contributed by atoms with van der Waals surface area (Å²) >= 11 is 0. The molecule has 0 aliphatic carbocycles. The highest BCUT2D eigenvalue weighted by Crippen LogP contribution is 2.14. The number of hydrogen-bond donors (Lipinski definition) is 2. The number of rotatable bonds is 7. The number of nitrogens with zero attached hydrogens (tertiary/aromatic N) is 2. The normalized spacial score (nSPS) is 11.5. The summed E-state index contributed by atoms with van der Waals surface area (Å²) in [5.74, 6) is 0.427. The molecule has 0 atom stereocenters. The van der Waals surface area contributed by atoms with Crippen LogP contribution in [0.25, 0.3) is 0 Å². The van der Waals surface area contributed by atoms with Gasteiger partial charge >= 0.3 is 0 Å². The first-order valence-electron chi connectivity index (χ1n) is 6.39. The summed E-state index contributed by atoms with van der Waals surface area (Å²) in [5, 5.41) is 3.97. The molecule has 8 heteroatoms. The number of aromatic nitrogens is 2. The Morgan fingerprint density at radius 1 is 1.38 bits per heavy atom. The van der Waals surface area contributed by atoms with Gasteiger partial charge < -0.3 is 10.5 Å². The topological polar surface area (TPSA) is 99.2 Å². The molecule has 114 valence electrons. The van der Waals surface area contributed by atoms with Crippen LogP contribution in [0.2, 0.25) is 0 Å². The molecule has 0 aliphatic rings. The van der Waals surface area contributed by atoms with E-state index in [1.54, 1.807) is 48.3 Å². The fourth-order valence-electron chi connectivity index (χ4n) is 1.70. The average Bonchev–Trinajstić information content (AvgIpc) is 2.82. The largest absolute Gasteiger partial charge is 0.492 e. The van der Waals surface area contributed by atoms with Crippen molar-refractivity contribution in [1.82, 2.24) is 14.5 Å². The van der Waals surface area contributed by atoms with Crippen LogP contribution in [0.5, 0.6) is 5.75 Å². The van der Waals surface area contributed by atoms with Crippen LogP contribution in [-0.4, -0.2) is 30.6 Å². The number of benzene rings is 1. The van der Waals surface area contributed by atoms with Crippen LogP contribution in [0.4, 0.5) is 5.69 Å². The first kappa shape index (κ1) is 15.3. The quantitative estimate of drug-likeness (QED) is 0.726. The molecule has 0 radical (unpaired) electrons. The fourth-order valence-corrected chi connectivity index (χ4v) is 2.52. The molecular formula is C13H18N4O3S. The van der Waals surface area contributed by atoms with E-state index in [9.17, 15) is 8.42 Å². The minimum absolute atomic E-state index is 0.0597. The van der Waals surface area contributed by atoms with Crippen molar-refractivity contribution in [3.63, 3.8) is 0 Å². The Balaban J connectivity index is 1.80. The van der Waals surface area contributed by atoms with Crippen LogP contribution in [0.3, 0.4) is 0 Å². The van der Waals surface area contributed by atoms with Gasteiger partial charge in [-0.05, 0) is 18.2 Å². The Bertz CT molecular complexity index is 697. The predicted molar refractivity (Wildman–Crippen MR) is 80.2 cm³/mol. The van der Waals surface area contributed by atoms with Crippen molar-refractivity contribution in [3.8, 4) is 5.75 Å². The van der Waals surface area contributed by atoms with Crippen molar-refractivity contribution in [2.75, 3.05) is 18.1 Å². The van der Waals surface area contributed by atoms with Crippen LogP contribution in [0.15, 0.2) is 36.5 Å². The van der Waals surface area contributed by atoms with E-state index in [1.165, 1.54) is 0 Å². The zero-order chi connectivity index (χ0) is 15.3. The number of anilines is 1. The minimum atomic E-state index is -3.40. The minimum Gasteiger partial charge on any atom is -0.492 e. The molecule has 3 N–H and O–H groups in total. The molecule has 0 saturated heterocycles. The molecule has 21 heavy (non-hydrogen) atoms. The summed E-state index contributed by atoms with van der Waals surface area (Å²) in [5.41, 5.74) is 6.97. The lowest BCUT2D eigenvalue weighted by atomic mass is 10.3. The van der Waals surface area contributed by atoms with E-state index in [4.69, 9.17) is 10.5 Å². The Morgan fingerprint density at radius 2 is 2.19 bits per heavy atom. The van der Waals surface area contributed by atoms with Crippen LogP contribution in [-0.2, 0) is 23.6 Å². The second-order valence-electron chi connectivity index (χ2n) is 4.51. The molecule has 0 amide bonds. The number of nitrogens with two attached hydrogens (primary N) is 1. The third-order valence-electron chi connectivity index (χ3n) is 2.87. The molecule has 7 nitrogen and oxygen atoms in total. The van der Waals surface area contributed by atoms with Gasteiger partial charge in [0.05, 0.1) is 18.0 Å². The van der Waals surface area contributed by atoms with Crippen molar-refractivity contribution < 1.29 is 13.2 Å². The predicted octanol–water partition coefficient (Wildman–Crippen LogP) is 0.501. The van der Waals surface area contributed by atoms with E-state index in [2.05, 4.69) is 9.82 Å². The summed E-state index contributed by atoms with van der Waals surface area (Å²) in [6.07, 6.45) is 1.62. The van der Waals surface area contributed by atoms with E-state index in [0.29, 0.717) is 11.4 Å². The summed E-state index contributed by atoms with van der Waals surface area (Å²) in [7, 11) is -1.65. The Kier molecular flexibility index (Phi) is 4.81. The fraction of sp³-hybridized carbons (Fsp3) is 0.308. The van der Waals surface area contributed by atoms with Gasteiger partial charge in [-0.2, -0.15) is 5.10 Å². The third kappa shape index (κ3) is 4.76. The second kappa shape index (κ2) is 6.59. The van der Waals surface area contributed by atoms with E-state index in [1.807, 2.05) is 0 Å². The lowest BCUT2D eigenvalue weighted by Gasteiger charge is -2.09. The summed E-state index contributed by atoms with van der Waals surface area (Å²) in [4.78, 5) is 0. The van der Waals surface area contributed by atoms with Crippen LogP contribution < -0.4 is 15.2 Å². The van der Waals surface area contributed by atoms with E-state index >= 15 is 0 Å². The number of ether oxygens (including phenoxy) is 1. The molecule has 0 bridgehead atoms. The standard InChI is InChI=1S/C13H18N4O3S/c1-17-12(5-6-15-17)10-16-21(18,19)8-7-20-13-4-2-3-11(14)9-13/h2-6,9,16H,7-8,10,14H2,1H3. The molecule has 1 aromatic heterocycles. The Labute approximate surface area is 123 Å². The Morgan fingerprint density at radius 3 is 2.86 bits per heavy atom. The summed E-state index contributed by atoms with van der Waals surface area (Å²) in [6.45, 7) is 0.265. The smallest absolute Gasteiger partial charge is 0.215 e. The van der Waals surface area contributed by atoms with E-state index < -0.39 is 10.0 Å². The number of sulfonamides is 1. The average molecular weight is 310 g/mol. The van der Waals surface area contributed by atoms with Gasteiger partial charge in [0.15, 0.2) is 0 Å². The van der Waals surface area contributed by atoms with Gasteiger partial charge in [-0.3, -0.25) is 4.68 Å². The van der Waals surface area contributed by atoms with E-state index in [-0.39, 0.29) is 18.9 Å². The van der Waals surface area contributed by atoms with Gasteiger partial charge in [0.25, 0.3) is 0 Å². The zero-order valence-corrected chi connectivity index (χ0v) is 12.5. The Hall–Kier alpha value is -2.06. The SMILES string of the molecule is Cn1nccc1CNS(=O)(=O)CCOc1cccc(N)c1. The van der Waals surface area contributed by atoms with Gasteiger partial charge in [-0.25, -0.2) is 13.1 Å². The maximum atomic E-state index is 11.8. The molecule has 2 aromatic rings. The van der Waals surface area contributed by atoms with Gasteiger partial charge in [0, 0.05) is 25.0 Å². The number of aryl methyl sites for hydroxylation is 1. The number of hydrogen-bond acceptors (Lipinski definition) is 5. The maximum Gasteiger partial charge on any atom is 0.215 e. The summed E-state index contributed by atoms with van der Waals surface area (Å²) in [6, 6.07) is 8.62. The lowest BCUT2D eigenvalue weighted by Crippen LogP contribution is -2.29. The molecule has 1 aromatic carbocycles. The zero-order valence-electron chi connectivity index (χ0n) is 11.7. The van der Waals surface area contributed by atoms with Crippen molar-refractivity contribution in [1.29, 1.82) is 0 Å². The molecule has 0 unspecified atom stereocenters. The molecule has 0 spiro atoms. The monoisotopic (exact) mass is 310 g/mol. The lowest BCUT2D eigenvalue weighted by molar-refractivity contribution is 0.340. The van der Waals surface area contributed by atoms with Gasteiger partial charge in [-0.1, -0.05) is 6.07 Å².